The Morgan fingerprint density at radius 3 is 2.65 bits per heavy atom. The first-order chi connectivity index (χ1) is 10.8. The Morgan fingerprint density at radius 2 is 2.04 bits per heavy atom. The average molecular weight is 358 g/mol. The molecule has 1 aromatic rings. The summed E-state index contributed by atoms with van der Waals surface area (Å²) in [6.07, 6.45) is 0.234. The Labute approximate surface area is 144 Å². The summed E-state index contributed by atoms with van der Waals surface area (Å²) in [6.45, 7) is 3.69. The van der Waals surface area contributed by atoms with Crippen molar-refractivity contribution in [2.45, 2.75) is 26.3 Å². The number of carbonyl (C=O) groups is 2. The fraction of sp³-hybridized carbons (Fsp3) is 0.375. The van der Waals surface area contributed by atoms with Crippen molar-refractivity contribution in [1.82, 2.24) is 4.90 Å². The van der Waals surface area contributed by atoms with E-state index in [1.165, 1.54) is 11.0 Å². The van der Waals surface area contributed by atoms with E-state index < -0.39 is 5.97 Å². The van der Waals surface area contributed by atoms with Crippen molar-refractivity contribution in [3.8, 4) is 0 Å². The molecule has 5 nitrogen and oxygen atoms in total. The van der Waals surface area contributed by atoms with Gasteiger partial charge in [0.15, 0.2) is 0 Å². The largest absolute Gasteiger partial charge is 0.510 e. The fourth-order valence-electron chi connectivity index (χ4n) is 2.42. The van der Waals surface area contributed by atoms with Crippen LogP contribution in [0.4, 0.5) is 0 Å². The van der Waals surface area contributed by atoms with Gasteiger partial charge in [0.25, 0.3) is 5.91 Å². The quantitative estimate of drug-likeness (QED) is 0.839. The van der Waals surface area contributed by atoms with E-state index in [0.29, 0.717) is 10.6 Å². The molecule has 1 heterocycles. The molecule has 0 aliphatic carbocycles. The number of carbonyl (C=O) groups excluding carboxylic acids is 2. The van der Waals surface area contributed by atoms with Gasteiger partial charge in [-0.2, -0.15) is 0 Å². The summed E-state index contributed by atoms with van der Waals surface area (Å²) in [6, 6.07) is 4.35. The molecular formula is C16H17Cl2NO4. The van der Waals surface area contributed by atoms with Crippen LogP contribution in [-0.2, 0) is 9.53 Å². The minimum absolute atomic E-state index is 0.0472. The normalized spacial score (nSPS) is 18.1. The molecule has 0 aromatic heterocycles. The topological polar surface area (TPSA) is 66.8 Å². The van der Waals surface area contributed by atoms with Gasteiger partial charge in [-0.25, -0.2) is 4.79 Å². The predicted octanol–water partition coefficient (Wildman–Crippen LogP) is 3.60. The summed E-state index contributed by atoms with van der Waals surface area (Å²) < 4.78 is 4.92. The lowest BCUT2D eigenvalue weighted by molar-refractivity contribution is -0.139. The molecular weight excluding hydrogens is 341 g/mol. The number of benzene rings is 1. The molecule has 7 heteroatoms. The highest BCUT2D eigenvalue weighted by atomic mass is 35.5. The van der Waals surface area contributed by atoms with Crippen molar-refractivity contribution in [2.75, 3.05) is 13.2 Å². The second-order valence-electron chi connectivity index (χ2n) is 5.26. The van der Waals surface area contributed by atoms with Crippen LogP contribution in [0, 0.1) is 0 Å². The molecule has 1 N–H and O–H groups in total. The van der Waals surface area contributed by atoms with Crippen LogP contribution < -0.4 is 0 Å². The first-order valence-corrected chi connectivity index (χ1v) is 7.94. The van der Waals surface area contributed by atoms with E-state index in [9.17, 15) is 14.7 Å². The van der Waals surface area contributed by atoms with E-state index in [1.54, 1.807) is 26.0 Å². The predicted molar refractivity (Wildman–Crippen MR) is 87.9 cm³/mol. The smallest absolute Gasteiger partial charge is 0.337 e. The number of halogens is 2. The van der Waals surface area contributed by atoms with Gasteiger partial charge in [-0.15, -0.1) is 0 Å². The molecule has 23 heavy (non-hydrogen) atoms. The van der Waals surface area contributed by atoms with Gasteiger partial charge in [-0.05, 0) is 32.0 Å². The van der Waals surface area contributed by atoms with Crippen LogP contribution in [0.1, 0.15) is 30.6 Å². The zero-order valence-corrected chi connectivity index (χ0v) is 14.3. The van der Waals surface area contributed by atoms with E-state index in [2.05, 4.69) is 0 Å². The number of ether oxygens (including phenoxy) is 1. The van der Waals surface area contributed by atoms with Gasteiger partial charge < -0.3 is 14.7 Å². The molecule has 0 fully saturated rings. The van der Waals surface area contributed by atoms with E-state index in [0.717, 1.165) is 0 Å². The standard InChI is InChI=1S/C16H17Cl2NO4/c1-3-23-16(22)11-6-9(2)19(8-14(11)20)15(21)10-4-5-12(17)13(18)7-10/h4-5,7,9,20H,3,6,8H2,1-2H3/t9-/m1/s1. The SMILES string of the molecule is CCOC(=O)C1=C(O)CN(C(=O)c2ccc(Cl)c(Cl)c2)[C@H](C)C1. The molecule has 0 unspecified atom stereocenters. The lowest BCUT2D eigenvalue weighted by atomic mass is 9.99. The summed E-state index contributed by atoms with van der Waals surface area (Å²) in [5, 5.41) is 10.7. The van der Waals surface area contributed by atoms with Crippen molar-refractivity contribution >= 4 is 35.1 Å². The number of aliphatic hydroxyl groups is 1. The molecule has 1 atom stereocenters. The minimum atomic E-state index is -0.543. The molecule has 1 aromatic carbocycles. The molecule has 1 aliphatic heterocycles. The van der Waals surface area contributed by atoms with E-state index in [4.69, 9.17) is 27.9 Å². The van der Waals surface area contributed by atoms with Crippen LogP contribution in [0.2, 0.25) is 10.0 Å². The molecule has 1 aliphatic rings. The molecule has 2 rings (SSSR count). The number of esters is 1. The summed E-state index contributed by atoms with van der Waals surface area (Å²) in [5.74, 6) is -0.973. The number of aliphatic hydroxyl groups excluding tert-OH is 1. The van der Waals surface area contributed by atoms with Crippen molar-refractivity contribution in [3.63, 3.8) is 0 Å². The van der Waals surface area contributed by atoms with E-state index in [1.807, 2.05) is 0 Å². The summed E-state index contributed by atoms with van der Waals surface area (Å²) in [7, 11) is 0. The van der Waals surface area contributed by atoms with Crippen LogP contribution in [0.15, 0.2) is 29.5 Å². The van der Waals surface area contributed by atoms with Crippen LogP contribution in [0.25, 0.3) is 0 Å². The van der Waals surface area contributed by atoms with Gasteiger partial charge in [0.2, 0.25) is 0 Å². The maximum atomic E-state index is 12.6. The monoisotopic (exact) mass is 357 g/mol. The lowest BCUT2D eigenvalue weighted by Gasteiger charge is -2.34. The number of hydrogen-bond donors (Lipinski definition) is 1. The first-order valence-electron chi connectivity index (χ1n) is 7.19. The highest BCUT2D eigenvalue weighted by molar-refractivity contribution is 6.42. The van der Waals surface area contributed by atoms with Crippen molar-refractivity contribution in [3.05, 3.63) is 45.1 Å². The Morgan fingerprint density at radius 1 is 1.35 bits per heavy atom. The van der Waals surface area contributed by atoms with Crippen molar-refractivity contribution in [1.29, 1.82) is 0 Å². The van der Waals surface area contributed by atoms with Crippen LogP contribution in [0.5, 0.6) is 0 Å². The van der Waals surface area contributed by atoms with E-state index >= 15 is 0 Å². The zero-order valence-electron chi connectivity index (χ0n) is 12.8. The van der Waals surface area contributed by atoms with Crippen molar-refractivity contribution < 1.29 is 19.4 Å². The van der Waals surface area contributed by atoms with Crippen LogP contribution in [0.3, 0.4) is 0 Å². The van der Waals surface area contributed by atoms with Gasteiger partial charge in [0.1, 0.15) is 5.76 Å². The second-order valence-corrected chi connectivity index (χ2v) is 6.08. The minimum Gasteiger partial charge on any atom is -0.510 e. The highest BCUT2D eigenvalue weighted by Gasteiger charge is 2.32. The van der Waals surface area contributed by atoms with Crippen LogP contribution >= 0.6 is 23.2 Å². The molecule has 0 saturated carbocycles. The van der Waals surface area contributed by atoms with Gasteiger partial charge in [0, 0.05) is 18.0 Å². The molecule has 124 valence electrons. The number of rotatable bonds is 3. The lowest BCUT2D eigenvalue weighted by Crippen LogP contribution is -2.44. The number of hydrogen-bond acceptors (Lipinski definition) is 4. The summed E-state index contributed by atoms with van der Waals surface area (Å²) in [4.78, 5) is 25.9. The Balaban J connectivity index is 2.23. The van der Waals surface area contributed by atoms with Gasteiger partial charge in [-0.3, -0.25) is 4.79 Å². The van der Waals surface area contributed by atoms with Crippen molar-refractivity contribution in [2.24, 2.45) is 0 Å². The average Bonchev–Trinajstić information content (AvgIpc) is 2.51. The Kier molecular flexibility index (Phi) is 5.55. The third kappa shape index (κ3) is 3.79. The first kappa shape index (κ1) is 17.6. The molecule has 0 spiro atoms. The summed E-state index contributed by atoms with van der Waals surface area (Å²) >= 11 is 11.8. The molecule has 1 amide bonds. The molecule has 0 saturated heterocycles. The molecule has 0 radical (unpaired) electrons. The number of amides is 1. The Hall–Kier alpha value is -1.72. The van der Waals surface area contributed by atoms with Gasteiger partial charge >= 0.3 is 5.97 Å². The van der Waals surface area contributed by atoms with Crippen LogP contribution in [-0.4, -0.2) is 41.1 Å². The zero-order chi connectivity index (χ0) is 17.1. The second kappa shape index (κ2) is 7.23. The van der Waals surface area contributed by atoms with Gasteiger partial charge in [-0.1, -0.05) is 23.2 Å². The molecule has 0 bridgehead atoms. The highest BCUT2D eigenvalue weighted by Crippen LogP contribution is 2.27. The maximum Gasteiger partial charge on any atom is 0.337 e. The third-order valence-corrected chi connectivity index (χ3v) is 4.39. The third-order valence-electron chi connectivity index (χ3n) is 3.65. The fourth-order valence-corrected chi connectivity index (χ4v) is 2.72. The maximum absolute atomic E-state index is 12.6. The Bertz CT molecular complexity index is 672. The summed E-state index contributed by atoms with van der Waals surface area (Å²) in [5.41, 5.74) is 0.594. The van der Waals surface area contributed by atoms with Gasteiger partial charge in [0.05, 0.1) is 28.8 Å². The van der Waals surface area contributed by atoms with E-state index in [-0.39, 0.29) is 47.9 Å². The number of nitrogens with zero attached hydrogens (tertiary/aromatic N) is 1.